The Kier molecular flexibility index (Phi) is 4.68. The molecule has 4 nitrogen and oxygen atoms in total. The summed E-state index contributed by atoms with van der Waals surface area (Å²) >= 11 is 5.90. The second-order valence-electron chi connectivity index (χ2n) is 4.44. The number of hydrogen-bond donors (Lipinski definition) is 1. The minimum absolute atomic E-state index is 0.573. The quantitative estimate of drug-likeness (QED) is 0.522. The molecular weight excluding hydrogens is 260 g/mol. The molecule has 1 fully saturated rings. The van der Waals surface area contributed by atoms with E-state index in [0.717, 1.165) is 31.2 Å². The molecule has 0 saturated carbocycles. The highest BCUT2D eigenvalue weighted by atomic mass is 35.5. The molecule has 0 unspecified atom stereocenters. The molecule has 0 aromatic heterocycles. The Morgan fingerprint density at radius 1 is 1.26 bits per heavy atom. The van der Waals surface area contributed by atoms with Gasteiger partial charge in [-0.15, -0.1) is 6.58 Å². The molecule has 1 heterocycles. The highest BCUT2D eigenvalue weighted by Crippen LogP contribution is 2.19. The zero-order valence-electron chi connectivity index (χ0n) is 10.9. The molecule has 19 heavy (non-hydrogen) atoms. The minimum Gasteiger partial charge on any atom is -0.370 e. The molecule has 0 radical (unpaired) electrons. The maximum absolute atomic E-state index is 5.93. The largest absolute Gasteiger partial charge is 0.370 e. The first-order valence-corrected chi connectivity index (χ1v) is 6.75. The number of rotatable bonds is 3. The molecular formula is C14H19ClN4. The lowest BCUT2D eigenvalue weighted by Gasteiger charge is -2.36. The van der Waals surface area contributed by atoms with E-state index in [4.69, 9.17) is 17.3 Å². The van der Waals surface area contributed by atoms with Crippen molar-refractivity contribution in [2.45, 2.75) is 0 Å². The zero-order valence-corrected chi connectivity index (χ0v) is 11.7. The van der Waals surface area contributed by atoms with Crippen LogP contribution in [0, 0.1) is 0 Å². The van der Waals surface area contributed by atoms with Gasteiger partial charge < -0.3 is 15.5 Å². The van der Waals surface area contributed by atoms with Crippen molar-refractivity contribution in [3.8, 4) is 0 Å². The van der Waals surface area contributed by atoms with Gasteiger partial charge in [-0.05, 0) is 24.3 Å². The van der Waals surface area contributed by atoms with Gasteiger partial charge in [0.25, 0.3) is 0 Å². The van der Waals surface area contributed by atoms with E-state index in [-0.39, 0.29) is 0 Å². The van der Waals surface area contributed by atoms with Crippen LogP contribution in [0.4, 0.5) is 5.69 Å². The van der Waals surface area contributed by atoms with Crippen LogP contribution in [0.15, 0.2) is 41.9 Å². The van der Waals surface area contributed by atoms with Crippen molar-refractivity contribution in [2.24, 2.45) is 10.7 Å². The zero-order chi connectivity index (χ0) is 13.7. The van der Waals surface area contributed by atoms with Crippen molar-refractivity contribution >= 4 is 23.2 Å². The molecule has 1 aromatic rings. The molecule has 1 aliphatic heterocycles. The van der Waals surface area contributed by atoms with Gasteiger partial charge in [-0.25, -0.2) is 4.99 Å². The van der Waals surface area contributed by atoms with Crippen LogP contribution in [0.2, 0.25) is 5.02 Å². The summed E-state index contributed by atoms with van der Waals surface area (Å²) in [6, 6.07) is 7.94. The topological polar surface area (TPSA) is 44.9 Å². The van der Waals surface area contributed by atoms with Crippen molar-refractivity contribution in [1.82, 2.24) is 4.90 Å². The van der Waals surface area contributed by atoms with Crippen LogP contribution >= 0.6 is 11.6 Å². The predicted molar refractivity (Wildman–Crippen MR) is 81.9 cm³/mol. The molecule has 0 aliphatic carbocycles. The molecule has 1 saturated heterocycles. The first-order valence-electron chi connectivity index (χ1n) is 6.37. The summed E-state index contributed by atoms with van der Waals surface area (Å²) in [6.45, 7) is 7.85. The summed E-state index contributed by atoms with van der Waals surface area (Å²) < 4.78 is 0. The van der Waals surface area contributed by atoms with Gasteiger partial charge in [0.2, 0.25) is 0 Å². The van der Waals surface area contributed by atoms with Gasteiger partial charge in [0.15, 0.2) is 5.96 Å². The van der Waals surface area contributed by atoms with Gasteiger partial charge in [0, 0.05) is 36.9 Å². The Balaban J connectivity index is 1.92. The monoisotopic (exact) mass is 278 g/mol. The smallest absolute Gasteiger partial charge is 0.191 e. The Bertz CT molecular complexity index is 447. The molecule has 2 rings (SSSR count). The van der Waals surface area contributed by atoms with Crippen molar-refractivity contribution < 1.29 is 0 Å². The number of hydrogen-bond acceptors (Lipinski definition) is 2. The lowest BCUT2D eigenvalue weighted by molar-refractivity contribution is 0.381. The highest BCUT2D eigenvalue weighted by molar-refractivity contribution is 6.30. The summed E-state index contributed by atoms with van der Waals surface area (Å²) in [7, 11) is 0. The summed E-state index contributed by atoms with van der Waals surface area (Å²) in [5.41, 5.74) is 7.13. The van der Waals surface area contributed by atoms with Gasteiger partial charge in [0.05, 0.1) is 6.54 Å². The lowest BCUT2D eigenvalue weighted by Crippen LogP contribution is -2.51. The van der Waals surface area contributed by atoms with Crippen LogP contribution in [-0.2, 0) is 0 Å². The molecule has 2 N–H and O–H groups in total. The van der Waals surface area contributed by atoms with E-state index < -0.39 is 0 Å². The molecule has 0 amide bonds. The van der Waals surface area contributed by atoms with Crippen molar-refractivity contribution in [1.29, 1.82) is 0 Å². The number of aliphatic imine (C=N–C) groups is 1. The van der Waals surface area contributed by atoms with Gasteiger partial charge in [-0.2, -0.15) is 0 Å². The maximum atomic E-state index is 5.93. The summed E-state index contributed by atoms with van der Waals surface area (Å²) in [4.78, 5) is 8.68. The van der Waals surface area contributed by atoms with Crippen LogP contribution in [0.5, 0.6) is 0 Å². The molecule has 5 heteroatoms. The third kappa shape index (κ3) is 3.64. The van der Waals surface area contributed by atoms with Gasteiger partial charge in [-0.1, -0.05) is 17.7 Å². The van der Waals surface area contributed by atoms with Crippen LogP contribution < -0.4 is 10.6 Å². The summed E-state index contributed by atoms with van der Waals surface area (Å²) in [6.07, 6.45) is 1.75. The highest BCUT2D eigenvalue weighted by Gasteiger charge is 2.18. The van der Waals surface area contributed by atoms with Crippen LogP contribution in [0.3, 0.4) is 0 Å². The SMILES string of the molecule is C=CCN=C(N)N1CCN(c2ccc(Cl)cc2)CC1. The third-order valence-corrected chi connectivity index (χ3v) is 3.43. The number of nitrogens with zero attached hydrogens (tertiary/aromatic N) is 3. The Hall–Kier alpha value is -1.68. The molecule has 0 spiro atoms. The maximum Gasteiger partial charge on any atom is 0.191 e. The second-order valence-corrected chi connectivity index (χ2v) is 4.87. The average Bonchev–Trinajstić information content (AvgIpc) is 2.46. The van der Waals surface area contributed by atoms with E-state index in [1.54, 1.807) is 6.08 Å². The van der Waals surface area contributed by atoms with E-state index in [1.165, 1.54) is 5.69 Å². The van der Waals surface area contributed by atoms with Gasteiger partial charge >= 0.3 is 0 Å². The first-order chi connectivity index (χ1) is 9.20. The number of anilines is 1. The van der Waals surface area contributed by atoms with Crippen LogP contribution in [0.25, 0.3) is 0 Å². The summed E-state index contributed by atoms with van der Waals surface area (Å²) in [5.74, 6) is 0.607. The molecule has 1 aromatic carbocycles. The number of benzene rings is 1. The predicted octanol–water partition coefficient (Wildman–Crippen LogP) is 1.96. The van der Waals surface area contributed by atoms with Crippen molar-refractivity contribution in [3.05, 3.63) is 41.9 Å². The Labute approximate surface area is 119 Å². The molecule has 0 bridgehead atoms. The average molecular weight is 279 g/mol. The van der Waals surface area contributed by atoms with Crippen molar-refractivity contribution in [3.63, 3.8) is 0 Å². The molecule has 102 valence electrons. The standard InChI is InChI=1S/C14H19ClN4/c1-2-7-17-14(16)19-10-8-18(9-11-19)13-5-3-12(15)4-6-13/h2-6H,1,7-11H2,(H2,16,17). The minimum atomic E-state index is 0.573. The number of halogens is 1. The fourth-order valence-electron chi connectivity index (χ4n) is 2.10. The van der Waals surface area contributed by atoms with E-state index >= 15 is 0 Å². The fraction of sp³-hybridized carbons (Fsp3) is 0.357. The number of piperazine rings is 1. The van der Waals surface area contributed by atoms with E-state index in [9.17, 15) is 0 Å². The number of guanidine groups is 1. The third-order valence-electron chi connectivity index (χ3n) is 3.18. The van der Waals surface area contributed by atoms with Crippen molar-refractivity contribution in [2.75, 3.05) is 37.6 Å². The van der Waals surface area contributed by atoms with Crippen LogP contribution in [0.1, 0.15) is 0 Å². The normalized spacial score (nSPS) is 16.6. The summed E-state index contributed by atoms with van der Waals surface area (Å²) in [5, 5.41) is 0.767. The van der Waals surface area contributed by atoms with E-state index in [1.807, 2.05) is 24.3 Å². The second kappa shape index (κ2) is 6.48. The molecule has 0 atom stereocenters. The molecule has 1 aliphatic rings. The number of nitrogens with two attached hydrogens (primary N) is 1. The van der Waals surface area contributed by atoms with Gasteiger partial charge in [0.1, 0.15) is 0 Å². The Morgan fingerprint density at radius 2 is 1.89 bits per heavy atom. The Morgan fingerprint density at radius 3 is 2.47 bits per heavy atom. The van der Waals surface area contributed by atoms with Crippen LogP contribution in [-0.4, -0.2) is 43.6 Å². The van der Waals surface area contributed by atoms with E-state index in [0.29, 0.717) is 12.5 Å². The van der Waals surface area contributed by atoms with E-state index in [2.05, 4.69) is 21.4 Å². The lowest BCUT2D eigenvalue weighted by atomic mass is 10.2. The first kappa shape index (κ1) is 13.7. The van der Waals surface area contributed by atoms with Gasteiger partial charge in [-0.3, -0.25) is 0 Å². The fourth-order valence-corrected chi connectivity index (χ4v) is 2.23.